The number of hydrogen-bond donors (Lipinski definition) is 1. The first-order valence-corrected chi connectivity index (χ1v) is 7.25. The van der Waals surface area contributed by atoms with Crippen molar-refractivity contribution in [2.45, 2.75) is 19.8 Å². The Morgan fingerprint density at radius 3 is 2.95 bits per heavy atom. The van der Waals surface area contributed by atoms with Crippen LogP contribution < -0.4 is 5.32 Å². The third-order valence-corrected chi connectivity index (χ3v) is 3.34. The van der Waals surface area contributed by atoms with E-state index in [9.17, 15) is 0 Å². The molecule has 0 atom stereocenters. The number of rotatable bonds is 6. The molecule has 0 aliphatic carbocycles. The molecule has 0 aliphatic rings. The quantitative estimate of drug-likeness (QED) is 0.704. The zero-order valence-electron chi connectivity index (χ0n) is 12.0. The van der Waals surface area contributed by atoms with Gasteiger partial charge in [0, 0.05) is 23.6 Å². The first kappa shape index (κ1) is 13.7. The number of nitrogens with one attached hydrogen (secondary N) is 1. The fourth-order valence-corrected chi connectivity index (χ4v) is 2.29. The van der Waals surface area contributed by atoms with Crippen LogP contribution in [0.1, 0.15) is 19.2 Å². The smallest absolute Gasteiger partial charge is 0.248 e. The van der Waals surface area contributed by atoms with E-state index in [0.29, 0.717) is 11.8 Å². The highest BCUT2D eigenvalue weighted by molar-refractivity contribution is 5.91. The van der Waals surface area contributed by atoms with Crippen molar-refractivity contribution in [3.8, 4) is 11.5 Å². The largest absolute Gasteiger partial charge is 0.421 e. The van der Waals surface area contributed by atoms with Gasteiger partial charge in [-0.1, -0.05) is 25.1 Å². The number of pyridine rings is 1. The van der Waals surface area contributed by atoms with Gasteiger partial charge in [0.2, 0.25) is 11.8 Å². The Morgan fingerprint density at radius 2 is 2.05 bits per heavy atom. The van der Waals surface area contributed by atoms with E-state index in [0.717, 1.165) is 42.4 Å². The van der Waals surface area contributed by atoms with E-state index < -0.39 is 0 Å². The van der Waals surface area contributed by atoms with E-state index >= 15 is 0 Å². The van der Waals surface area contributed by atoms with Crippen molar-refractivity contribution in [3.63, 3.8) is 0 Å². The van der Waals surface area contributed by atoms with Crippen LogP contribution in [-0.2, 0) is 6.42 Å². The maximum absolute atomic E-state index is 5.78. The SMILES string of the molecule is CCNCCCc1nnc(-c2ccnc3ccccc23)o1. The Bertz CT molecular complexity index is 718. The van der Waals surface area contributed by atoms with E-state index in [1.807, 2.05) is 30.3 Å². The van der Waals surface area contributed by atoms with Crippen LogP contribution in [0.5, 0.6) is 0 Å². The van der Waals surface area contributed by atoms with Gasteiger partial charge in [-0.05, 0) is 31.6 Å². The molecule has 5 nitrogen and oxygen atoms in total. The van der Waals surface area contributed by atoms with Gasteiger partial charge >= 0.3 is 0 Å². The summed E-state index contributed by atoms with van der Waals surface area (Å²) in [6, 6.07) is 9.87. The molecule has 21 heavy (non-hydrogen) atoms. The van der Waals surface area contributed by atoms with Crippen molar-refractivity contribution < 1.29 is 4.42 Å². The Hall–Kier alpha value is -2.27. The summed E-state index contributed by atoms with van der Waals surface area (Å²) in [5.74, 6) is 1.25. The van der Waals surface area contributed by atoms with Gasteiger partial charge in [-0.2, -0.15) is 0 Å². The van der Waals surface area contributed by atoms with Gasteiger partial charge in [-0.3, -0.25) is 4.98 Å². The maximum Gasteiger partial charge on any atom is 0.248 e. The minimum absolute atomic E-state index is 0.562. The number of hydrogen-bond acceptors (Lipinski definition) is 5. The highest BCUT2D eigenvalue weighted by Gasteiger charge is 2.11. The molecular weight excluding hydrogens is 264 g/mol. The van der Waals surface area contributed by atoms with E-state index in [1.54, 1.807) is 6.20 Å². The molecule has 0 radical (unpaired) electrons. The van der Waals surface area contributed by atoms with Crippen molar-refractivity contribution in [1.29, 1.82) is 0 Å². The molecule has 108 valence electrons. The first-order valence-electron chi connectivity index (χ1n) is 7.25. The highest BCUT2D eigenvalue weighted by Crippen LogP contribution is 2.26. The van der Waals surface area contributed by atoms with Gasteiger partial charge in [0.05, 0.1) is 5.52 Å². The van der Waals surface area contributed by atoms with Crippen LogP contribution in [0.4, 0.5) is 0 Å². The molecule has 0 aliphatic heterocycles. The number of aromatic nitrogens is 3. The molecule has 1 N–H and O–H groups in total. The van der Waals surface area contributed by atoms with Crippen molar-refractivity contribution in [1.82, 2.24) is 20.5 Å². The number of fused-ring (bicyclic) bond motifs is 1. The Labute approximate surface area is 123 Å². The molecule has 3 aromatic rings. The predicted octanol–water partition coefficient (Wildman–Crippen LogP) is 2.83. The van der Waals surface area contributed by atoms with Crippen molar-refractivity contribution in [3.05, 3.63) is 42.4 Å². The number of benzene rings is 1. The highest BCUT2D eigenvalue weighted by atomic mass is 16.4. The van der Waals surface area contributed by atoms with Crippen molar-refractivity contribution in [2.24, 2.45) is 0 Å². The molecule has 0 saturated heterocycles. The molecular formula is C16H18N4O. The molecule has 0 spiro atoms. The van der Waals surface area contributed by atoms with Crippen molar-refractivity contribution >= 4 is 10.9 Å². The Morgan fingerprint density at radius 1 is 1.14 bits per heavy atom. The lowest BCUT2D eigenvalue weighted by molar-refractivity contribution is 0.493. The van der Waals surface area contributed by atoms with Crippen LogP contribution in [-0.4, -0.2) is 28.3 Å². The van der Waals surface area contributed by atoms with Gasteiger partial charge in [0.15, 0.2) is 0 Å². The van der Waals surface area contributed by atoms with Gasteiger partial charge in [-0.25, -0.2) is 0 Å². The van der Waals surface area contributed by atoms with Crippen molar-refractivity contribution in [2.75, 3.05) is 13.1 Å². The summed E-state index contributed by atoms with van der Waals surface area (Å²) in [6.07, 6.45) is 3.56. The van der Waals surface area contributed by atoms with E-state index in [-0.39, 0.29) is 0 Å². The summed E-state index contributed by atoms with van der Waals surface area (Å²) < 4.78 is 5.78. The van der Waals surface area contributed by atoms with E-state index in [2.05, 4.69) is 27.4 Å². The summed E-state index contributed by atoms with van der Waals surface area (Å²) in [5.41, 5.74) is 1.87. The number of aryl methyl sites for hydroxylation is 1. The van der Waals surface area contributed by atoms with E-state index in [1.165, 1.54) is 0 Å². The average molecular weight is 282 g/mol. The molecule has 0 amide bonds. The lowest BCUT2D eigenvalue weighted by Crippen LogP contribution is -2.14. The molecule has 1 aromatic carbocycles. The molecule has 0 fully saturated rings. The molecule has 3 rings (SSSR count). The zero-order chi connectivity index (χ0) is 14.5. The minimum atomic E-state index is 0.562. The van der Waals surface area contributed by atoms with E-state index in [4.69, 9.17) is 4.42 Å². The van der Waals surface area contributed by atoms with Gasteiger partial charge in [0.25, 0.3) is 0 Å². The normalized spacial score (nSPS) is 11.1. The second kappa shape index (κ2) is 6.45. The molecule has 0 saturated carbocycles. The Kier molecular flexibility index (Phi) is 4.21. The first-order chi connectivity index (χ1) is 10.4. The second-order valence-corrected chi connectivity index (χ2v) is 4.83. The lowest BCUT2D eigenvalue weighted by atomic mass is 10.1. The molecule has 2 heterocycles. The summed E-state index contributed by atoms with van der Waals surface area (Å²) in [4.78, 5) is 4.35. The van der Waals surface area contributed by atoms with Crippen LogP contribution in [0.3, 0.4) is 0 Å². The topological polar surface area (TPSA) is 63.8 Å². The van der Waals surface area contributed by atoms with Crippen LogP contribution in [0.2, 0.25) is 0 Å². The minimum Gasteiger partial charge on any atom is -0.421 e. The number of para-hydroxylation sites is 1. The summed E-state index contributed by atoms with van der Waals surface area (Å²) in [5, 5.41) is 12.6. The van der Waals surface area contributed by atoms with Crippen LogP contribution in [0.25, 0.3) is 22.4 Å². The lowest BCUT2D eigenvalue weighted by Gasteiger charge is -2.01. The second-order valence-electron chi connectivity index (χ2n) is 4.83. The average Bonchev–Trinajstić information content (AvgIpc) is 3.00. The standard InChI is InChI=1S/C16H18N4O/c1-2-17-10-5-8-15-19-20-16(21-15)13-9-11-18-14-7-4-3-6-12(13)14/h3-4,6-7,9,11,17H,2,5,8,10H2,1H3. The summed E-state index contributed by atoms with van der Waals surface area (Å²) >= 11 is 0. The summed E-state index contributed by atoms with van der Waals surface area (Å²) in [7, 11) is 0. The molecule has 2 aromatic heterocycles. The van der Waals surface area contributed by atoms with Crippen LogP contribution >= 0.6 is 0 Å². The summed E-state index contributed by atoms with van der Waals surface area (Å²) in [6.45, 7) is 4.05. The van der Waals surface area contributed by atoms with Gasteiger partial charge in [0.1, 0.15) is 0 Å². The molecule has 5 heteroatoms. The van der Waals surface area contributed by atoms with Gasteiger partial charge < -0.3 is 9.73 Å². The fourth-order valence-electron chi connectivity index (χ4n) is 2.29. The monoisotopic (exact) mass is 282 g/mol. The predicted molar refractivity (Wildman–Crippen MR) is 81.9 cm³/mol. The third-order valence-electron chi connectivity index (χ3n) is 3.34. The van der Waals surface area contributed by atoms with Crippen LogP contribution in [0, 0.1) is 0 Å². The Balaban J connectivity index is 1.81. The molecule has 0 bridgehead atoms. The van der Waals surface area contributed by atoms with Crippen LogP contribution in [0.15, 0.2) is 40.9 Å². The molecule has 0 unspecified atom stereocenters. The maximum atomic E-state index is 5.78. The number of nitrogens with zero attached hydrogens (tertiary/aromatic N) is 3. The fraction of sp³-hybridized carbons (Fsp3) is 0.312. The van der Waals surface area contributed by atoms with Gasteiger partial charge in [-0.15, -0.1) is 10.2 Å². The zero-order valence-corrected chi connectivity index (χ0v) is 12.0. The third kappa shape index (κ3) is 3.08.